The molecule has 1 saturated heterocycles. The molecule has 1 aromatic carbocycles. The quantitative estimate of drug-likeness (QED) is 0.873. The van der Waals surface area contributed by atoms with E-state index in [1.54, 1.807) is 0 Å². The van der Waals surface area contributed by atoms with Gasteiger partial charge in [0.05, 0.1) is 6.61 Å². The number of ether oxygens (including phenoxy) is 1. The summed E-state index contributed by atoms with van der Waals surface area (Å²) in [6.45, 7) is 7.57. The van der Waals surface area contributed by atoms with Crippen LogP contribution in [0.15, 0.2) is 24.3 Å². The third kappa shape index (κ3) is 4.74. The van der Waals surface area contributed by atoms with E-state index in [-0.39, 0.29) is 5.91 Å². The summed E-state index contributed by atoms with van der Waals surface area (Å²) in [7, 11) is 0. The van der Waals surface area contributed by atoms with Crippen molar-refractivity contribution in [3.05, 3.63) is 29.8 Å². The second-order valence-corrected chi connectivity index (χ2v) is 5.63. The monoisotopic (exact) mass is 290 g/mol. The van der Waals surface area contributed by atoms with Gasteiger partial charge in [-0.25, -0.2) is 0 Å². The largest absolute Gasteiger partial charge is 0.494 e. The lowest BCUT2D eigenvalue weighted by atomic mass is 10.1. The van der Waals surface area contributed by atoms with Crippen LogP contribution in [-0.2, 0) is 11.2 Å². The molecule has 0 spiro atoms. The summed E-state index contributed by atoms with van der Waals surface area (Å²) >= 11 is 0. The van der Waals surface area contributed by atoms with Crippen molar-refractivity contribution in [1.82, 2.24) is 10.2 Å². The molecule has 1 unspecified atom stereocenters. The van der Waals surface area contributed by atoms with Gasteiger partial charge in [-0.05, 0) is 37.5 Å². The third-order valence-electron chi connectivity index (χ3n) is 3.85. The van der Waals surface area contributed by atoms with E-state index in [1.165, 1.54) is 5.56 Å². The third-order valence-corrected chi connectivity index (χ3v) is 3.85. The van der Waals surface area contributed by atoms with Gasteiger partial charge in [-0.1, -0.05) is 19.1 Å². The van der Waals surface area contributed by atoms with Crippen LogP contribution in [-0.4, -0.2) is 43.1 Å². The number of hydrogen-bond donors (Lipinski definition) is 1. The normalized spacial score (nSPS) is 18.6. The maximum Gasteiger partial charge on any atom is 0.223 e. The molecule has 1 aliphatic heterocycles. The summed E-state index contributed by atoms with van der Waals surface area (Å²) < 4.78 is 5.56. The molecule has 1 heterocycles. The van der Waals surface area contributed by atoms with Gasteiger partial charge in [0, 0.05) is 32.1 Å². The van der Waals surface area contributed by atoms with Gasteiger partial charge < -0.3 is 15.0 Å². The topological polar surface area (TPSA) is 41.6 Å². The smallest absolute Gasteiger partial charge is 0.223 e. The van der Waals surface area contributed by atoms with E-state index < -0.39 is 0 Å². The standard InChI is InChI=1S/C17H26N2O2/c1-3-12-21-16-7-4-15(5-8-16)6-9-17(20)19-11-10-18-13-14(19)2/h4-5,7-8,14,18H,3,6,9-13H2,1-2H3. The molecule has 0 aromatic heterocycles. The van der Waals surface area contributed by atoms with Crippen LogP contribution in [0.25, 0.3) is 0 Å². The molecule has 0 radical (unpaired) electrons. The molecule has 21 heavy (non-hydrogen) atoms. The second-order valence-electron chi connectivity index (χ2n) is 5.63. The molecule has 1 amide bonds. The lowest BCUT2D eigenvalue weighted by Gasteiger charge is -2.34. The van der Waals surface area contributed by atoms with E-state index in [1.807, 2.05) is 17.0 Å². The number of nitrogens with zero attached hydrogens (tertiary/aromatic N) is 1. The summed E-state index contributed by atoms with van der Waals surface area (Å²) in [6, 6.07) is 8.39. The average molecular weight is 290 g/mol. The maximum atomic E-state index is 12.3. The highest BCUT2D eigenvalue weighted by atomic mass is 16.5. The predicted molar refractivity (Wildman–Crippen MR) is 84.6 cm³/mol. The lowest BCUT2D eigenvalue weighted by molar-refractivity contribution is -0.133. The zero-order valence-corrected chi connectivity index (χ0v) is 13.1. The highest BCUT2D eigenvalue weighted by Crippen LogP contribution is 2.14. The first kappa shape index (κ1) is 15.8. The molecule has 4 nitrogen and oxygen atoms in total. The molecule has 0 saturated carbocycles. The fourth-order valence-electron chi connectivity index (χ4n) is 2.58. The first-order chi connectivity index (χ1) is 10.2. The first-order valence-corrected chi connectivity index (χ1v) is 7.92. The number of hydrogen-bond acceptors (Lipinski definition) is 3. The second kappa shape index (κ2) is 8.03. The van der Waals surface area contributed by atoms with Crippen molar-refractivity contribution in [3.8, 4) is 5.75 Å². The SMILES string of the molecule is CCCOc1ccc(CCC(=O)N2CCNCC2C)cc1. The lowest BCUT2D eigenvalue weighted by Crippen LogP contribution is -2.52. The molecule has 1 aliphatic rings. The molecule has 0 aliphatic carbocycles. The number of amides is 1. The molecular formula is C17H26N2O2. The van der Waals surface area contributed by atoms with Crippen molar-refractivity contribution in [2.75, 3.05) is 26.2 Å². The van der Waals surface area contributed by atoms with Gasteiger partial charge in [0.25, 0.3) is 0 Å². The molecule has 1 aromatic rings. The fraction of sp³-hybridized carbons (Fsp3) is 0.588. The van der Waals surface area contributed by atoms with E-state index in [0.717, 1.165) is 44.8 Å². The number of piperazine rings is 1. The van der Waals surface area contributed by atoms with Crippen LogP contribution in [0.4, 0.5) is 0 Å². The summed E-state index contributed by atoms with van der Waals surface area (Å²) in [6.07, 6.45) is 2.39. The van der Waals surface area contributed by atoms with Crippen LogP contribution in [0.2, 0.25) is 0 Å². The molecule has 1 N–H and O–H groups in total. The molecule has 1 atom stereocenters. The summed E-state index contributed by atoms with van der Waals surface area (Å²) in [5, 5.41) is 3.31. The Morgan fingerprint density at radius 1 is 1.38 bits per heavy atom. The van der Waals surface area contributed by atoms with E-state index in [9.17, 15) is 4.79 Å². The van der Waals surface area contributed by atoms with Crippen molar-refractivity contribution in [2.24, 2.45) is 0 Å². The van der Waals surface area contributed by atoms with Crippen LogP contribution < -0.4 is 10.1 Å². The molecule has 2 rings (SSSR count). The summed E-state index contributed by atoms with van der Waals surface area (Å²) in [5.41, 5.74) is 1.19. The summed E-state index contributed by atoms with van der Waals surface area (Å²) in [4.78, 5) is 14.3. The maximum absolute atomic E-state index is 12.3. The van der Waals surface area contributed by atoms with Gasteiger partial charge in [-0.2, -0.15) is 0 Å². The van der Waals surface area contributed by atoms with Crippen LogP contribution in [0.5, 0.6) is 5.75 Å². The number of carbonyl (C=O) groups is 1. The Labute approximate surface area is 127 Å². The Balaban J connectivity index is 1.80. The van der Waals surface area contributed by atoms with Gasteiger partial charge >= 0.3 is 0 Å². The van der Waals surface area contributed by atoms with Gasteiger partial charge in [0.1, 0.15) is 5.75 Å². The predicted octanol–water partition coefficient (Wildman–Crippen LogP) is 2.23. The minimum absolute atomic E-state index is 0.260. The van der Waals surface area contributed by atoms with Gasteiger partial charge in [0.15, 0.2) is 0 Å². The Hall–Kier alpha value is -1.55. The van der Waals surface area contributed by atoms with Crippen LogP contribution in [0.3, 0.4) is 0 Å². The number of rotatable bonds is 6. The van der Waals surface area contributed by atoms with Crippen molar-refractivity contribution in [3.63, 3.8) is 0 Å². The molecule has 1 fully saturated rings. The number of nitrogens with one attached hydrogen (secondary N) is 1. The Kier molecular flexibility index (Phi) is 6.05. The highest BCUT2D eigenvalue weighted by molar-refractivity contribution is 5.77. The van der Waals surface area contributed by atoms with Crippen molar-refractivity contribution < 1.29 is 9.53 Å². The minimum Gasteiger partial charge on any atom is -0.494 e. The molecule has 4 heteroatoms. The summed E-state index contributed by atoms with van der Waals surface area (Å²) in [5.74, 6) is 1.16. The van der Waals surface area contributed by atoms with Gasteiger partial charge in [-0.3, -0.25) is 4.79 Å². The van der Waals surface area contributed by atoms with Gasteiger partial charge in [-0.15, -0.1) is 0 Å². The highest BCUT2D eigenvalue weighted by Gasteiger charge is 2.22. The van der Waals surface area contributed by atoms with Crippen molar-refractivity contribution in [1.29, 1.82) is 0 Å². The zero-order chi connectivity index (χ0) is 15.1. The number of aryl methyl sites for hydroxylation is 1. The average Bonchev–Trinajstić information content (AvgIpc) is 2.52. The van der Waals surface area contributed by atoms with Gasteiger partial charge in [0.2, 0.25) is 5.91 Å². The van der Waals surface area contributed by atoms with E-state index in [0.29, 0.717) is 12.5 Å². The van der Waals surface area contributed by atoms with Crippen molar-refractivity contribution in [2.45, 2.75) is 39.2 Å². The van der Waals surface area contributed by atoms with Crippen LogP contribution >= 0.6 is 0 Å². The Bertz CT molecular complexity index is 445. The van der Waals surface area contributed by atoms with E-state index in [2.05, 4.69) is 31.3 Å². The van der Waals surface area contributed by atoms with Crippen LogP contribution in [0, 0.1) is 0 Å². The Morgan fingerprint density at radius 3 is 2.81 bits per heavy atom. The zero-order valence-electron chi connectivity index (χ0n) is 13.1. The van der Waals surface area contributed by atoms with E-state index >= 15 is 0 Å². The van der Waals surface area contributed by atoms with Crippen LogP contribution in [0.1, 0.15) is 32.3 Å². The van der Waals surface area contributed by atoms with Crippen molar-refractivity contribution >= 4 is 5.91 Å². The Morgan fingerprint density at radius 2 is 2.14 bits per heavy atom. The fourth-order valence-corrected chi connectivity index (χ4v) is 2.58. The molecule has 116 valence electrons. The van der Waals surface area contributed by atoms with E-state index in [4.69, 9.17) is 4.74 Å². The molecular weight excluding hydrogens is 264 g/mol. The number of benzene rings is 1. The number of carbonyl (C=O) groups excluding carboxylic acids is 1. The minimum atomic E-state index is 0.260. The molecule has 0 bridgehead atoms. The first-order valence-electron chi connectivity index (χ1n) is 7.92.